The van der Waals surface area contributed by atoms with Gasteiger partial charge in [0.15, 0.2) is 0 Å². The standard InChI is InChI=1S/C14H26N3O4P/c18-22(16-3-10-20-11-4-16,17-5-12-21-13-6-17)14-7-15-1-8-19-9-2-15/h7,14H,1-6,8-13H2/b14-7+. The van der Waals surface area contributed by atoms with E-state index < -0.39 is 7.44 Å². The van der Waals surface area contributed by atoms with E-state index in [9.17, 15) is 4.57 Å². The molecule has 3 aliphatic heterocycles. The van der Waals surface area contributed by atoms with Crippen LogP contribution in [0.25, 0.3) is 0 Å². The summed E-state index contributed by atoms with van der Waals surface area (Å²) in [5.74, 6) is 1.93. The second-order valence-corrected chi connectivity index (χ2v) is 8.28. The predicted molar refractivity (Wildman–Crippen MR) is 83.9 cm³/mol. The van der Waals surface area contributed by atoms with Crippen LogP contribution < -0.4 is 0 Å². The fourth-order valence-corrected chi connectivity index (χ4v) is 5.53. The van der Waals surface area contributed by atoms with E-state index in [1.54, 1.807) is 0 Å². The lowest BCUT2D eigenvalue weighted by Crippen LogP contribution is -2.42. The first kappa shape index (κ1) is 16.4. The molecular formula is C14H26N3O4P. The predicted octanol–water partition coefficient (Wildman–Crippen LogP) is 0.647. The van der Waals surface area contributed by atoms with Crippen LogP contribution in [0.2, 0.25) is 0 Å². The summed E-state index contributed by atoms with van der Waals surface area (Å²) in [5, 5.41) is 0. The van der Waals surface area contributed by atoms with Crippen LogP contribution in [-0.4, -0.2) is 93.2 Å². The van der Waals surface area contributed by atoms with Crippen LogP contribution in [0.1, 0.15) is 0 Å². The molecule has 22 heavy (non-hydrogen) atoms. The summed E-state index contributed by atoms with van der Waals surface area (Å²) >= 11 is 0. The van der Waals surface area contributed by atoms with Crippen molar-refractivity contribution in [2.45, 2.75) is 0 Å². The minimum absolute atomic E-state index is 0.653. The zero-order chi connectivity index (χ0) is 15.3. The Kier molecular flexibility index (Phi) is 5.90. The van der Waals surface area contributed by atoms with Gasteiger partial charge >= 0.3 is 0 Å². The van der Waals surface area contributed by atoms with Crippen molar-refractivity contribution in [3.8, 4) is 0 Å². The van der Waals surface area contributed by atoms with Crippen LogP contribution in [0.15, 0.2) is 12.0 Å². The lowest BCUT2D eigenvalue weighted by atomic mass is 10.5. The van der Waals surface area contributed by atoms with Crippen LogP contribution in [-0.2, 0) is 18.8 Å². The molecule has 0 aromatic heterocycles. The number of hydrogen-bond acceptors (Lipinski definition) is 5. The molecule has 3 saturated heterocycles. The van der Waals surface area contributed by atoms with E-state index >= 15 is 0 Å². The van der Waals surface area contributed by atoms with Gasteiger partial charge in [0, 0.05) is 51.3 Å². The van der Waals surface area contributed by atoms with Crippen LogP contribution in [0, 0.1) is 0 Å². The third kappa shape index (κ3) is 3.91. The van der Waals surface area contributed by atoms with Crippen LogP contribution in [0.4, 0.5) is 0 Å². The fourth-order valence-electron chi connectivity index (χ4n) is 2.96. The van der Waals surface area contributed by atoms with Crippen LogP contribution >= 0.6 is 7.44 Å². The van der Waals surface area contributed by atoms with Crippen molar-refractivity contribution in [1.29, 1.82) is 0 Å². The molecule has 3 heterocycles. The summed E-state index contributed by atoms with van der Waals surface area (Å²) in [6.45, 7) is 8.71. The molecule has 0 radical (unpaired) electrons. The van der Waals surface area contributed by atoms with Gasteiger partial charge in [0.2, 0.25) is 7.44 Å². The van der Waals surface area contributed by atoms with Gasteiger partial charge in [0.1, 0.15) is 0 Å². The Balaban J connectivity index is 1.74. The van der Waals surface area contributed by atoms with E-state index in [0.717, 1.165) is 52.5 Å². The molecule has 0 spiro atoms. The molecule has 3 fully saturated rings. The number of morpholine rings is 3. The van der Waals surface area contributed by atoms with Gasteiger partial charge in [-0.1, -0.05) is 0 Å². The van der Waals surface area contributed by atoms with Gasteiger partial charge in [0.05, 0.1) is 39.6 Å². The second kappa shape index (κ2) is 7.90. The molecule has 0 aliphatic carbocycles. The molecule has 0 amide bonds. The van der Waals surface area contributed by atoms with Crippen molar-refractivity contribution in [2.24, 2.45) is 0 Å². The first-order valence-corrected chi connectivity index (χ1v) is 9.74. The number of rotatable bonds is 4. The van der Waals surface area contributed by atoms with E-state index in [0.29, 0.717) is 26.4 Å². The Labute approximate surface area is 132 Å². The minimum atomic E-state index is -2.69. The van der Waals surface area contributed by atoms with Gasteiger partial charge in [-0.3, -0.25) is 4.57 Å². The Morgan fingerprint density at radius 3 is 1.55 bits per heavy atom. The average Bonchev–Trinajstić information content (AvgIpc) is 2.62. The van der Waals surface area contributed by atoms with Crippen molar-refractivity contribution < 1.29 is 18.8 Å². The van der Waals surface area contributed by atoms with Gasteiger partial charge in [0.25, 0.3) is 0 Å². The van der Waals surface area contributed by atoms with E-state index in [4.69, 9.17) is 14.2 Å². The first-order valence-electron chi connectivity index (χ1n) is 8.06. The average molecular weight is 331 g/mol. The highest BCUT2D eigenvalue weighted by Gasteiger charge is 2.36. The van der Waals surface area contributed by atoms with Crippen molar-refractivity contribution in [3.05, 3.63) is 12.0 Å². The van der Waals surface area contributed by atoms with Gasteiger partial charge in [-0.15, -0.1) is 0 Å². The highest BCUT2D eigenvalue weighted by Crippen LogP contribution is 2.55. The molecule has 7 nitrogen and oxygen atoms in total. The molecular weight excluding hydrogens is 305 g/mol. The summed E-state index contributed by atoms with van der Waals surface area (Å²) in [7, 11) is -2.69. The Bertz CT molecular complexity index is 394. The zero-order valence-electron chi connectivity index (χ0n) is 13.1. The number of hydrogen-bond donors (Lipinski definition) is 0. The van der Waals surface area contributed by atoms with Crippen molar-refractivity contribution >= 4 is 7.44 Å². The molecule has 0 unspecified atom stereocenters. The van der Waals surface area contributed by atoms with Crippen molar-refractivity contribution in [3.63, 3.8) is 0 Å². The molecule has 3 rings (SSSR count). The fraction of sp³-hybridized carbons (Fsp3) is 0.857. The molecule has 3 aliphatic rings. The maximum absolute atomic E-state index is 13.8. The van der Waals surface area contributed by atoms with Crippen molar-refractivity contribution in [1.82, 2.24) is 14.2 Å². The van der Waals surface area contributed by atoms with Gasteiger partial charge < -0.3 is 19.1 Å². The molecule has 0 aromatic carbocycles. The highest BCUT2D eigenvalue weighted by molar-refractivity contribution is 7.62. The lowest BCUT2D eigenvalue weighted by molar-refractivity contribution is 0.0530. The van der Waals surface area contributed by atoms with Gasteiger partial charge in [-0.2, -0.15) is 0 Å². The molecule has 0 saturated carbocycles. The van der Waals surface area contributed by atoms with Crippen LogP contribution in [0.5, 0.6) is 0 Å². The van der Waals surface area contributed by atoms with E-state index in [-0.39, 0.29) is 0 Å². The Hall–Kier alpha value is -0.430. The Morgan fingerprint density at radius 2 is 1.09 bits per heavy atom. The van der Waals surface area contributed by atoms with Crippen molar-refractivity contribution in [2.75, 3.05) is 78.9 Å². The second-order valence-electron chi connectivity index (χ2n) is 5.67. The van der Waals surface area contributed by atoms with E-state index in [2.05, 4.69) is 14.2 Å². The normalized spacial score (nSPS) is 26.6. The monoisotopic (exact) mass is 331 g/mol. The third-order valence-electron chi connectivity index (χ3n) is 4.30. The smallest absolute Gasteiger partial charge is 0.240 e. The minimum Gasteiger partial charge on any atom is -0.379 e. The molecule has 0 bridgehead atoms. The first-order chi connectivity index (χ1) is 10.8. The Morgan fingerprint density at radius 1 is 0.682 bits per heavy atom. The van der Waals surface area contributed by atoms with Gasteiger partial charge in [-0.05, 0) is 0 Å². The summed E-state index contributed by atoms with van der Waals surface area (Å²) in [6, 6.07) is 0. The summed E-state index contributed by atoms with van der Waals surface area (Å²) < 4.78 is 34.2. The molecule has 0 aromatic rings. The zero-order valence-corrected chi connectivity index (χ0v) is 14.0. The SMILES string of the molecule is O=P(/C=C/N1CCOCC1)(N1CCOCC1)N1CCOCC1. The third-order valence-corrected chi connectivity index (χ3v) is 7.25. The summed E-state index contributed by atoms with van der Waals surface area (Å²) in [4.78, 5) is 2.19. The van der Waals surface area contributed by atoms with Gasteiger partial charge in [-0.25, -0.2) is 9.34 Å². The topological polar surface area (TPSA) is 54.5 Å². The molecule has 126 valence electrons. The lowest BCUT2D eigenvalue weighted by Gasteiger charge is -2.41. The highest BCUT2D eigenvalue weighted by atomic mass is 31.2. The van der Waals surface area contributed by atoms with E-state index in [1.807, 2.05) is 12.0 Å². The maximum Gasteiger partial charge on any atom is 0.240 e. The largest absolute Gasteiger partial charge is 0.379 e. The molecule has 8 heteroatoms. The summed E-state index contributed by atoms with van der Waals surface area (Å²) in [6.07, 6.45) is 2.01. The van der Waals surface area contributed by atoms with E-state index in [1.165, 1.54) is 0 Å². The van der Waals surface area contributed by atoms with Crippen LogP contribution in [0.3, 0.4) is 0 Å². The molecule has 0 atom stereocenters. The number of ether oxygens (including phenoxy) is 3. The number of nitrogens with zero attached hydrogens (tertiary/aromatic N) is 3. The summed E-state index contributed by atoms with van der Waals surface area (Å²) in [5.41, 5.74) is 0. The quantitative estimate of drug-likeness (QED) is 0.701. The maximum atomic E-state index is 13.8. The molecule has 0 N–H and O–H groups in total.